The Labute approximate surface area is 213 Å². The molecule has 1 amide bonds. The van der Waals surface area contributed by atoms with Gasteiger partial charge in [0, 0.05) is 17.7 Å². The number of ketones is 1. The van der Waals surface area contributed by atoms with Crippen molar-refractivity contribution in [3.63, 3.8) is 0 Å². The number of anilines is 1. The van der Waals surface area contributed by atoms with E-state index in [1.54, 1.807) is 42.5 Å². The number of primary sulfonamides is 1. The first kappa shape index (κ1) is 24.5. The van der Waals surface area contributed by atoms with Crippen LogP contribution in [0.3, 0.4) is 0 Å². The molecule has 2 aliphatic heterocycles. The first-order chi connectivity index (χ1) is 17.6. The zero-order valence-corrected chi connectivity index (χ0v) is 20.9. The van der Waals surface area contributed by atoms with Gasteiger partial charge in [0.15, 0.2) is 0 Å². The predicted molar refractivity (Wildman–Crippen MR) is 136 cm³/mol. The predicted octanol–water partition coefficient (Wildman–Crippen LogP) is 3.29. The maximum absolute atomic E-state index is 13.4. The van der Waals surface area contributed by atoms with Crippen molar-refractivity contribution in [3.05, 3.63) is 89.0 Å². The molecule has 3 aromatic rings. The van der Waals surface area contributed by atoms with Gasteiger partial charge in [-0.1, -0.05) is 12.1 Å². The molecule has 2 heterocycles. The molecule has 0 radical (unpaired) electrons. The fourth-order valence-corrected chi connectivity index (χ4v) is 5.26. The Kier molecular flexibility index (Phi) is 6.01. The molecule has 0 aromatic heterocycles. The Morgan fingerprint density at radius 1 is 1.08 bits per heavy atom. The first-order valence-corrected chi connectivity index (χ1v) is 13.0. The number of Topliss-reactive ketones (excluding diaryl/α,β-unsaturated/α-hetero) is 1. The molecule has 3 N–H and O–H groups in total. The highest BCUT2D eigenvalue weighted by molar-refractivity contribution is 7.89. The Bertz CT molecular complexity index is 1560. The molecule has 2 aliphatic rings. The van der Waals surface area contributed by atoms with E-state index < -0.39 is 27.8 Å². The highest BCUT2D eigenvalue weighted by Crippen LogP contribution is 2.43. The summed E-state index contributed by atoms with van der Waals surface area (Å²) in [6, 6.07) is 16.3. The Morgan fingerprint density at radius 3 is 2.49 bits per heavy atom. The quantitative estimate of drug-likeness (QED) is 0.299. The minimum Gasteiger partial charge on any atom is -0.507 e. The van der Waals surface area contributed by atoms with Crippen molar-refractivity contribution in [2.24, 2.45) is 5.14 Å². The van der Waals surface area contributed by atoms with Gasteiger partial charge in [0.05, 0.1) is 23.6 Å². The van der Waals surface area contributed by atoms with Gasteiger partial charge in [0.1, 0.15) is 23.4 Å². The van der Waals surface area contributed by atoms with Crippen LogP contribution in [0.2, 0.25) is 0 Å². The van der Waals surface area contributed by atoms with Gasteiger partial charge in [0.2, 0.25) is 10.0 Å². The minimum atomic E-state index is -3.96. The molecule has 9 nitrogen and oxygen atoms in total. The van der Waals surface area contributed by atoms with Gasteiger partial charge in [0.25, 0.3) is 11.7 Å². The number of methoxy groups -OCH3 is 1. The van der Waals surface area contributed by atoms with Crippen molar-refractivity contribution in [3.8, 4) is 11.5 Å². The van der Waals surface area contributed by atoms with Gasteiger partial charge in [-0.25, -0.2) is 13.6 Å². The third-order valence-electron chi connectivity index (χ3n) is 6.47. The number of ether oxygens (including phenoxy) is 2. The molecule has 190 valence electrons. The highest BCUT2D eigenvalue weighted by Gasteiger charge is 2.47. The van der Waals surface area contributed by atoms with Gasteiger partial charge in [-0.05, 0) is 72.6 Å². The highest BCUT2D eigenvalue weighted by atomic mass is 32.2. The third-order valence-corrected chi connectivity index (χ3v) is 7.40. The largest absolute Gasteiger partial charge is 0.507 e. The molecule has 3 aromatic carbocycles. The number of aliphatic hydroxyl groups is 1. The van der Waals surface area contributed by atoms with E-state index in [9.17, 15) is 23.1 Å². The third kappa shape index (κ3) is 4.34. The van der Waals surface area contributed by atoms with E-state index >= 15 is 0 Å². The molecule has 0 spiro atoms. The molecule has 10 heteroatoms. The lowest BCUT2D eigenvalue weighted by atomic mass is 9.94. The average Bonchev–Trinajstić information content (AvgIpc) is 3.38. The van der Waals surface area contributed by atoms with Crippen molar-refractivity contribution >= 4 is 33.2 Å². The smallest absolute Gasteiger partial charge is 0.300 e. The lowest BCUT2D eigenvalue weighted by molar-refractivity contribution is -0.132. The number of rotatable bonds is 5. The van der Waals surface area contributed by atoms with Crippen LogP contribution >= 0.6 is 0 Å². The van der Waals surface area contributed by atoms with E-state index in [0.29, 0.717) is 29.0 Å². The molecule has 0 aliphatic carbocycles. The Hall–Kier alpha value is -4.15. The van der Waals surface area contributed by atoms with Crippen LogP contribution in [0.1, 0.15) is 29.7 Å². The molecule has 2 unspecified atom stereocenters. The van der Waals surface area contributed by atoms with Crippen LogP contribution in [0, 0.1) is 0 Å². The van der Waals surface area contributed by atoms with E-state index in [1.807, 2.05) is 6.92 Å². The summed E-state index contributed by atoms with van der Waals surface area (Å²) in [4.78, 5) is 27.8. The van der Waals surface area contributed by atoms with E-state index in [0.717, 1.165) is 5.56 Å². The number of aliphatic hydroxyl groups excluding tert-OH is 1. The van der Waals surface area contributed by atoms with Crippen LogP contribution in [-0.4, -0.2) is 38.4 Å². The zero-order chi connectivity index (χ0) is 26.5. The van der Waals surface area contributed by atoms with Crippen LogP contribution in [0.15, 0.2) is 77.2 Å². The molecule has 0 saturated carbocycles. The molecular formula is C27H24N2O7S. The summed E-state index contributed by atoms with van der Waals surface area (Å²) in [5.41, 5.74) is 1.96. The Morgan fingerprint density at radius 2 is 1.81 bits per heavy atom. The maximum Gasteiger partial charge on any atom is 0.300 e. The number of carbonyl (C=O) groups is 2. The maximum atomic E-state index is 13.4. The van der Waals surface area contributed by atoms with Gasteiger partial charge in [-0.2, -0.15) is 0 Å². The molecule has 37 heavy (non-hydrogen) atoms. The van der Waals surface area contributed by atoms with Crippen LogP contribution in [0.25, 0.3) is 5.76 Å². The van der Waals surface area contributed by atoms with Crippen LogP contribution < -0.4 is 19.5 Å². The zero-order valence-electron chi connectivity index (χ0n) is 20.0. The second-order valence-electron chi connectivity index (χ2n) is 8.94. The SMILES string of the molecule is COc1cccc(C2/C(=C(/O)c3ccc4c(c3)CC(C)O4)C(=O)C(=O)N2c2ccc(S(N)(=O)=O)cc2)c1. The van der Waals surface area contributed by atoms with Crippen LogP contribution in [0.5, 0.6) is 11.5 Å². The van der Waals surface area contributed by atoms with Crippen LogP contribution in [-0.2, 0) is 26.0 Å². The second-order valence-corrected chi connectivity index (χ2v) is 10.5. The normalized spacial score (nSPS) is 20.6. The van der Waals surface area contributed by atoms with Gasteiger partial charge < -0.3 is 14.6 Å². The molecule has 1 saturated heterocycles. The molecule has 2 atom stereocenters. The van der Waals surface area contributed by atoms with E-state index in [-0.39, 0.29) is 28.0 Å². The summed E-state index contributed by atoms with van der Waals surface area (Å²) >= 11 is 0. The number of nitrogens with two attached hydrogens (primary N) is 1. The van der Waals surface area contributed by atoms with E-state index in [4.69, 9.17) is 14.6 Å². The monoisotopic (exact) mass is 520 g/mol. The molecule has 5 rings (SSSR count). The van der Waals surface area contributed by atoms with E-state index in [2.05, 4.69) is 0 Å². The lowest BCUT2D eigenvalue weighted by Gasteiger charge is -2.26. The number of amides is 1. The molecule has 1 fully saturated rings. The van der Waals surface area contributed by atoms with Gasteiger partial charge in [-0.15, -0.1) is 0 Å². The first-order valence-electron chi connectivity index (χ1n) is 11.5. The van der Waals surface area contributed by atoms with E-state index in [1.165, 1.54) is 36.3 Å². The van der Waals surface area contributed by atoms with Crippen molar-refractivity contribution in [1.82, 2.24) is 0 Å². The van der Waals surface area contributed by atoms with Gasteiger partial charge >= 0.3 is 0 Å². The number of hydrogen-bond acceptors (Lipinski definition) is 7. The fourth-order valence-electron chi connectivity index (χ4n) is 4.75. The second kappa shape index (κ2) is 9.06. The summed E-state index contributed by atoms with van der Waals surface area (Å²) in [5.74, 6) is -0.848. The number of hydrogen-bond donors (Lipinski definition) is 2. The summed E-state index contributed by atoms with van der Waals surface area (Å²) in [7, 11) is -2.46. The number of fused-ring (bicyclic) bond motifs is 1. The number of sulfonamides is 1. The summed E-state index contributed by atoms with van der Waals surface area (Å²) in [5, 5.41) is 16.6. The lowest BCUT2D eigenvalue weighted by Crippen LogP contribution is -2.29. The molecule has 0 bridgehead atoms. The topological polar surface area (TPSA) is 136 Å². The number of carbonyl (C=O) groups excluding carboxylic acids is 2. The fraction of sp³-hybridized carbons (Fsp3) is 0.185. The summed E-state index contributed by atoms with van der Waals surface area (Å²) in [6.45, 7) is 1.94. The van der Waals surface area contributed by atoms with Crippen molar-refractivity contribution in [2.45, 2.75) is 30.4 Å². The Balaban J connectivity index is 1.68. The van der Waals surface area contributed by atoms with Crippen LogP contribution in [0.4, 0.5) is 5.69 Å². The standard InChI is InChI=1S/C27H24N2O7S/c1-15-12-18-13-17(6-11-22(18)36-15)25(30)23-24(16-4-3-5-20(14-16)35-2)29(27(32)26(23)31)19-7-9-21(10-8-19)37(28,33)34/h3-11,13-15,24,30H,12H2,1-2H3,(H2,28,33,34)/b25-23-. The summed E-state index contributed by atoms with van der Waals surface area (Å²) in [6.07, 6.45) is 0.649. The van der Waals surface area contributed by atoms with Gasteiger partial charge in [-0.3, -0.25) is 14.5 Å². The number of benzene rings is 3. The molecular weight excluding hydrogens is 496 g/mol. The van der Waals surface area contributed by atoms with Crippen molar-refractivity contribution in [1.29, 1.82) is 0 Å². The minimum absolute atomic E-state index is 0.00457. The summed E-state index contributed by atoms with van der Waals surface area (Å²) < 4.78 is 34.5. The van der Waals surface area contributed by atoms with Crippen molar-refractivity contribution < 1.29 is 32.6 Å². The average molecular weight is 521 g/mol. The number of nitrogens with zero attached hydrogens (tertiary/aromatic N) is 1. The van der Waals surface area contributed by atoms with Crippen molar-refractivity contribution in [2.75, 3.05) is 12.0 Å².